The van der Waals surface area contributed by atoms with Crippen LogP contribution in [0.5, 0.6) is 5.75 Å². The first-order chi connectivity index (χ1) is 5.67. The van der Waals surface area contributed by atoms with Crippen molar-refractivity contribution >= 4 is 18.1 Å². The fraction of sp³-hybridized carbons (Fsp3) is 0.400. The van der Waals surface area contributed by atoms with Gasteiger partial charge >= 0.3 is 0 Å². The molecule has 0 aromatic heterocycles. The molecule has 0 spiro atoms. The van der Waals surface area contributed by atoms with Gasteiger partial charge in [-0.3, -0.25) is 0 Å². The smallest absolute Gasteiger partial charge is 0.143 e. The molecule has 0 bridgehead atoms. The molecule has 2 rings (SSSR count). The van der Waals surface area contributed by atoms with Crippen LogP contribution in [0.1, 0.15) is 13.8 Å². The summed E-state index contributed by atoms with van der Waals surface area (Å²) in [5.41, 5.74) is 1.01. The molecule has 1 heterocycles. The zero-order valence-corrected chi connectivity index (χ0v) is 8.65. The SMILES string of the molecule is CC1(C)CNc2ccccc2O1.Cl. The summed E-state index contributed by atoms with van der Waals surface area (Å²) in [4.78, 5) is 0. The van der Waals surface area contributed by atoms with Crippen molar-refractivity contribution < 1.29 is 4.74 Å². The van der Waals surface area contributed by atoms with Gasteiger partial charge in [0.15, 0.2) is 0 Å². The Balaban J connectivity index is 0.000000845. The van der Waals surface area contributed by atoms with Gasteiger partial charge in [-0.25, -0.2) is 0 Å². The van der Waals surface area contributed by atoms with Crippen LogP contribution in [0.25, 0.3) is 0 Å². The molecule has 0 saturated carbocycles. The first kappa shape index (κ1) is 10.2. The van der Waals surface area contributed by atoms with Crippen LogP contribution in [-0.4, -0.2) is 12.1 Å². The van der Waals surface area contributed by atoms with E-state index in [4.69, 9.17) is 4.74 Å². The predicted molar refractivity (Wildman–Crippen MR) is 56.9 cm³/mol. The molecule has 13 heavy (non-hydrogen) atoms. The Bertz CT molecular complexity index is 299. The van der Waals surface area contributed by atoms with E-state index in [1.54, 1.807) is 0 Å². The zero-order valence-electron chi connectivity index (χ0n) is 7.83. The molecule has 0 aliphatic carbocycles. The van der Waals surface area contributed by atoms with Crippen molar-refractivity contribution in [3.63, 3.8) is 0 Å². The molecule has 1 aliphatic rings. The number of hydrogen-bond donors (Lipinski definition) is 1. The number of para-hydroxylation sites is 2. The van der Waals surface area contributed by atoms with Gasteiger partial charge in [0, 0.05) is 0 Å². The number of fused-ring (bicyclic) bond motifs is 1. The zero-order chi connectivity index (χ0) is 8.60. The van der Waals surface area contributed by atoms with Crippen molar-refractivity contribution in [3.05, 3.63) is 24.3 Å². The summed E-state index contributed by atoms with van der Waals surface area (Å²) in [7, 11) is 0. The lowest BCUT2D eigenvalue weighted by atomic mass is 10.1. The third-order valence-electron chi connectivity index (χ3n) is 1.98. The number of anilines is 1. The molecule has 72 valence electrons. The lowest BCUT2D eigenvalue weighted by Gasteiger charge is -2.33. The maximum Gasteiger partial charge on any atom is 0.143 e. The molecule has 1 aliphatic heterocycles. The van der Waals surface area contributed by atoms with Crippen molar-refractivity contribution in [1.82, 2.24) is 0 Å². The van der Waals surface area contributed by atoms with E-state index in [1.165, 1.54) is 0 Å². The van der Waals surface area contributed by atoms with Crippen molar-refractivity contribution in [2.45, 2.75) is 19.4 Å². The van der Waals surface area contributed by atoms with Crippen molar-refractivity contribution in [2.75, 3.05) is 11.9 Å². The Morgan fingerprint density at radius 1 is 1.31 bits per heavy atom. The van der Waals surface area contributed by atoms with Crippen LogP contribution in [0.4, 0.5) is 5.69 Å². The van der Waals surface area contributed by atoms with Gasteiger partial charge in [-0.1, -0.05) is 12.1 Å². The summed E-state index contributed by atoms with van der Waals surface area (Å²) in [6, 6.07) is 8.02. The molecule has 0 fully saturated rings. The average Bonchev–Trinajstić information content (AvgIpc) is 2.02. The van der Waals surface area contributed by atoms with E-state index in [-0.39, 0.29) is 18.0 Å². The Morgan fingerprint density at radius 2 is 2.00 bits per heavy atom. The molecule has 1 N–H and O–H groups in total. The fourth-order valence-corrected chi connectivity index (χ4v) is 1.34. The summed E-state index contributed by atoms with van der Waals surface area (Å²) >= 11 is 0. The highest BCUT2D eigenvalue weighted by atomic mass is 35.5. The van der Waals surface area contributed by atoms with Gasteiger partial charge in [-0.15, -0.1) is 12.4 Å². The van der Waals surface area contributed by atoms with Crippen LogP contribution >= 0.6 is 12.4 Å². The number of rotatable bonds is 0. The molecule has 0 unspecified atom stereocenters. The van der Waals surface area contributed by atoms with Crippen LogP contribution in [0.3, 0.4) is 0 Å². The van der Waals surface area contributed by atoms with E-state index in [0.717, 1.165) is 18.0 Å². The Kier molecular flexibility index (Phi) is 2.71. The second kappa shape index (κ2) is 3.46. The topological polar surface area (TPSA) is 21.3 Å². The Morgan fingerprint density at radius 3 is 2.77 bits per heavy atom. The molecular formula is C10H14ClNO. The van der Waals surface area contributed by atoms with E-state index < -0.39 is 0 Å². The van der Waals surface area contributed by atoms with E-state index in [2.05, 4.69) is 19.2 Å². The van der Waals surface area contributed by atoms with Gasteiger partial charge in [0.25, 0.3) is 0 Å². The van der Waals surface area contributed by atoms with Crippen LogP contribution in [0, 0.1) is 0 Å². The first-order valence-electron chi connectivity index (χ1n) is 4.19. The molecule has 0 radical (unpaired) electrons. The third kappa shape index (κ3) is 2.07. The van der Waals surface area contributed by atoms with Gasteiger partial charge in [-0.2, -0.15) is 0 Å². The lowest BCUT2D eigenvalue weighted by Crippen LogP contribution is -2.39. The van der Waals surface area contributed by atoms with E-state index in [1.807, 2.05) is 24.3 Å². The summed E-state index contributed by atoms with van der Waals surface area (Å²) in [6.45, 7) is 5.02. The maximum atomic E-state index is 5.76. The minimum absolute atomic E-state index is 0. The minimum Gasteiger partial charge on any atom is -0.484 e. The van der Waals surface area contributed by atoms with Gasteiger partial charge in [0.1, 0.15) is 11.4 Å². The number of nitrogens with one attached hydrogen (secondary N) is 1. The van der Waals surface area contributed by atoms with Crippen molar-refractivity contribution in [3.8, 4) is 5.75 Å². The van der Waals surface area contributed by atoms with Gasteiger partial charge < -0.3 is 10.1 Å². The van der Waals surface area contributed by atoms with E-state index in [0.29, 0.717) is 0 Å². The highest BCUT2D eigenvalue weighted by Gasteiger charge is 2.25. The fourth-order valence-electron chi connectivity index (χ4n) is 1.34. The molecular weight excluding hydrogens is 186 g/mol. The number of benzene rings is 1. The largest absolute Gasteiger partial charge is 0.484 e. The minimum atomic E-state index is -0.0889. The standard InChI is InChI=1S/C10H13NO.ClH/c1-10(2)7-11-8-5-3-4-6-9(8)12-10;/h3-6,11H,7H2,1-2H3;1H. The van der Waals surface area contributed by atoms with Crippen LogP contribution in [-0.2, 0) is 0 Å². The molecule has 2 nitrogen and oxygen atoms in total. The summed E-state index contributed by atoms with van der Waals surface area (Å²) in [5.74, 6) is 0.953. The predicted octanol–water partition coefficient (Wildman–Crippen LogP) is 2.69. The van der Waals surface area contributed by atoms with Crippen molar-refractivity contribution in [2.24, 2.45) is 0 Å². The highest BCUT2D eigenvalue weighted by Crippen LogP contribution is 2.31. The number of halogens is 1. The van der Waals surface area contributed by atoms with E-state index in [9.17, 15) is 0 Å². The third-order valence-corrected chi connectivity index (χ3v) is 1.98. The van der Waals surface area contributed by atoms with Crippen LogP contribution in [0.2, 0.25) is 0 Å². The van der Waals surface area contributed by atoms with Crippen LogP contribution in [0.15, 0.2) is 24.3 Å². The molecule has 1 aromatic carbocycles. The number of ether oxygens (including phenoxy) is 1. The van der Waals surface area contributed by atoms with Crippen molar-refractivity contribution in [1.29, 1.82) is 0 Å². The summed E-state index contributed by atoms with van der Waals surface area (Å²) in [5, 5.41) is 3.33. The first-order valence-corrected chi connectivity index (χ1v) is 4.19. The quantitative estimate of drug-likeness (QED) is 0.694. The molecule has 0 amide bonds. The van der Waals surface area contributed by atoms with Gasteiger partial charge in [0.2, 0.25) is 0 Å². The second-order valence-corrected chi connectivity index (χ2v) is 3.71. The Labute approximate surface area is 84.7 Å². The van der Waals surface area contributed by atoms with Gasteiger partial charge in [0.05, 0.1) is 12.2 Å². The molecule has 0 saturated heterocycles. The monoisotopic (exact) mass is 199 g/mol. The molecule has 1 aromatic rings. The lowest BCUT2D eigenvalue weighted by molar-refractivity contribution is 0.116. The normalized spacial score (nSPS) is 17.4. The maximum absolute atomic E-state index is 5.76. The Hall–Kier alpha value is -0.890. The average molecular weight is 200 g/mol. The van der Waals surface area contributed by atoms with Crippen LogP contribution < -0.4 is 10.1 Å². The summed E-state index contributed by atoms with van der Waals surface area (Å²) in [6.07, 6.45) is 0. The highest BCUT2D eigenvalue weighted by molar-refractivity contribution is 5.85. The number of hydrogen-bond acceptors (Lipinski definition) is 2. The van der Waals surface area contributed by atoms with Gasteiger partial charge in [-0.05, 0) is 26.0 Å². The van der Waals surface area contributed by atoms with E-state index >= 15 is 0 Å². The second-order valence-electron chi connectivity index (χ2n) is 3.71. The summed E-state index contributed by atoms with van der Waals surface area (Å²) < 4.78 is 5.76. The molecule has 3 heteroatoms. The molecule has 0 atom stereocenters.